The van der Waals surface area contributed by atoms with Gasteiger partial charge < -0.3 is 25.3 Å². The molecule has 0 aliphatic heterocycles. The number of rotatable bonds is 9. The third kappa shape index (κ3) is 6.32. The largest absolute Gasteiger partial charge is 0.493 e. The number of halogens is 2. The molecule has 0 aliphatic rings. The van der Waals surface area contributed by atoms with Gasteiger partial charge >= 0.3 is 0 Å². The van der Waals surface area contributed by atoms with Gasteiger partial charge in [-0.25, -0.2) is 8.78 Å². The highest BCUT2D eigenvalue weighted by Crippen LogP contribution is 2.27. The molecule has 0 atom stereocenters. The third-order valence-electron chi connectivity index (χ3n) is 3.70. The van der Waals surface area contributed by atoms with Crippen molar-refractivity contribution in [2.75, 3.05) is 33.9 Å². The molecule has 0 saturated carbocycles. The van der Waals surface area contributed by atoms with Crippen LogP contribution < -0.4 is 25.3 Å². The third-order valence-corrected chi connectivity index (χ3v) is 3.70. The topological polar surface area (TPSA) is 78.1 Å². The van der Waals surface area contributed by atoms with Crippen molar-refractivity contribution in [1.82, 2.24) is 5.32 Å². The first kappa shape index (κ1) is 20.3. The summed E-state index contributed by atoms with van der Waals surface area (Å²) in [5.41, 5.74) is 6.84. The molecule has 0 bridgehead atoms. The summed E-state index contributed by atoms with van der Waals surface area (Å²) < 4.78 is 41.7. The van der Waals surface area contributed by atoms with Gasteiger partial charge in [0.1, 0.15) is 12.4 Å². The van der Waals surface area contributed by atoms with E-state index in [-0.39, 0.29) is 18.3 Å². The zero-order valence-corrected chi connectivity index (χ0v) is 15.3. The Kier molecular flexibility index (Phi) is 7.66. The lowest BCUT2D eigenvalue weighted by Gasteiger charge is -2.10. The van der Waals surface area contributed by atoms with E-state index < -0.39 is 11.6 Å². The minimum Gasteiger partial charge on any atom is -0.493 e. The summed E-state index contributed by atoms with van der Waals surface area (Å²) in [5.74, 6) is 0.0125. The summed E-state index contributed by atoms with van der Waals surface area (Å²) in [6, 6.07) is 9.05. The van der Waals surface area contributed by atoms with Crippen LogP contribution in [-0.4, -0.2) is 39.9 Å². The molecule has 146 valence electrons. The van der Waals surface area contributed by atoms with Gasteiger partial charge in [-0.05, 0) is 36.2 Å². The van der Waals surface area contributed by atoms with Gasteiger partial charge in [0.25, 0.3) is 0 Å². The van der Waals surface area contributed by atoms with Crippen molar-refractivity contribution in [1.29, 1.82) is 0 Å². The molecule has 6 nitrogen and oxygen atoms in total. The fraction of sp³-hybridized carbons (Fsp3) is 0.316. The number of nitrogens with zero attached hydrogens (tertiary/aromatic N) is 1. The second-order valence-electron chi connectivity index (χ2n) is 5.56. The molecule has 27 heavy (non-hydrogen) atoms. The van der Waals surface area contributed by atoms with E-state index in [1.165, 1.54) is 6.07 Å². The highest BCUT2D eigenvalue weighted by molar-refractivity contribution is 5.77. The SMILES string of the molecule is COc1ccc(CCN=C(N)NCCOc2ccc(F)c(F)c2)cc1OC. The molecule has 0 heterocycles. The number of guanidine groups is 1. The van der Waals surface area contributed by atoms with Crippen molar-refractivity contribution in [3.63, 3.8) is 0 Å². The van der Waals surface area contributed by atoms with E-state index in [0.29, 0.717) is 31.0 Å². The van der Waals surface area contributed by atoms with Gasteiger partial charge in [0, 0.05) is 12.6 Å². The molecule has 0 saturated heterocycles. The van der Waals surface area contributed by atoms with Crippen molar-refractivity contribution in [3.8, 4) is 17.2 Å². The second kappa shape index (κ2) is 10.2. The monoisotopic (exact) mass is 379 g/mol. The molecule has 2 rings (SSSR count). The van der Waals surface area contributed by atoms with Crippen molar-refractivity contribution in [2.24, 2.45) is 10.7 Å². The van der Waals surface area contributed by atoms with Crippen molar-refractivity contribution in [2.45, 2.75) is 6.42 Å². The number of hydrogen-bond acceptors (Lipinski definition) is 4. The van der Waals surface area contributed by atoms with Gasteiger partial charge in [-0.15, -0.1) is 0 Å². The zero-order chi connectivity index (χ0) is 19.6. The predicted molar refractivity (Wildman–Crippen MR) is 99.6 cm³/mol. The number of nitrogens with two attached hydrogens (primary N) is 1. The van der Waals surface area contributed by atoms with Crippen molar-refractivity contribution < 1.29 is 23.0 Å². The lowest BCUT2D eigenvalue weighted by atomic mass is 10.1. The van der Waals surface area contributed by atoms with Crippen LogP contribution in [0, 0.1) is 11.6 Å². The Bertz CT molecular complexity index is 785. The van der Waals surface area contributed by atoms with Crippen LogP contribution in [0.5, 0.6) is 17.2 Å². The zero-order valence-electron chi connectivity index (χ0n) is 15.3. The van der Waals surface area contributed by atoms with Crippen LogP contribution in [0.1, 0.15) is 5.56 Å². The molecule has 0 radical (unpaired) electrons. The van der Waals surface area contributed by atoms with Crippen LogP contribution in [0.2, 0.25) is 0 Å². The summed E-state index contributed by atoms with van der Waals surface area (Å²) >= 11 is 0. The summed E-state index contributed by atoms with van der Waals surface area (Å²) in [6.45, 7) is 1.11. The Labute approximate surface area is 156 Å². The van der Waals surface area contributed by atoms with Crippen LogP contribution in [0.4, 0.5) is 8.78 Å². The fourth-order valence-corrected chi connectivity index (χ4v) is 2.31. The lowest BCUT2D eigenvalue weighted by Crippen LogP contribution is -2.35. The van der Waals surface area contributed by atoms with Crippen LogP contribution in [-0.2, 0) is 6.42 Å². The van der Waals surface area contributed by atoms with E-state index in [0.717, 1.165) is 17.7 Å². The maximum absolute atomic E-state index is 13.1. The summed E-state index contributed by atoms with van der Waals surface area (Å²) in [4.78, 5) is 4.23. The summed E-state index contributed by atoms with van der Waals surface area (Å²) in [5, 5.41) is 2.90. The number of benzene rings is 2. The normalized spacial score (nSPS) is 11.2. The molecular weight excluding hydrogens is 356 g/mol. The molecule has 0 unspecified atom stereocenters. The number of methoxy groups -OCH3 is 2. The highest BCUT2D eigenvalue weighted by Gasteiger charge is 2.05. The highest BCUT2D eigenvalue weighted by atomic mass is 19.2. The van der Waals surface area contributed by atoms with Gasteiger partial charge in [-0.3, -0.25) is 4.99 Å². The van der Waals surface area contributed by atoms with E-state index in [4.69, 9.17) is 19.9 Å². The van der Waals surface area contributed by atoms with Gasteiger partial charge in [-0.1, -0.05) is 6.07 Å². The van der Waals surface area contributed by atoms with Crippen LogP contribution >= 0.6 is 0 Å². The quantitative estimate of drug-likeness (QED) is 0.398. The average Bonchev–Trinajstić information content (AvgIpc) is 2.67. The van der Waals surface area contributed by atoms with Crippen molar-refractivity contribution in [3.05, 3.63) is 53.6 Å². The first-order valence-electron chi connectivity index (χ1n) is 8.36. The molecular formula is C19H23F2N3O3. The molecule has 8 heteroatoms. The van der Waals surface area contributed by atoms with E-state index in [1.54, 1.807) is 14.2 Å². The Morgan fingerprint density at radius 3 is 2.52 bits per heavy atom. The maximum Gasteiger partial charge on any atom is 0.188 e. The number of ether oxygens (including phenoxy) is 3. The summed E-state index contributed by atoms with van der Waals surface area (Å²) in [6.07, 6.45) is 0.689. The molecule has 0 fully saturated rings. The van der Waals surface area contributed by atoms with E-state index >= 15 is 0 Å². The Balaban J connectivity index is 1.72. The molecule has 0 amide bonds. The second-order valence-corrected chi connectivity index (χ2v) is 5.56. The first-order chi connectivity index (χ1) is 13.0. The minimum absolute atomic E-state index is 0.233. The van der Waals surface area contributed by atoms with E-state index in [9.17, 15) is 8.78 Å². The summed E-state index contributed by atoms with van der Waals surface area (Å²) in [7, 11) is 3.18. The first-order valence-corrected chi connectivity index (χ1v) is 8.36. The molecule has 0 aliphatic carbocycles. The standard InChI is InChI=1S/C19H23F2N3O3/c1-25-17-6-3-13(11-18(17)26-2)7-8-23-19(22)24-9-10-27-14-4-5-15(20)16(21)12-14/h3-6,11-12H,7-10H2,1-2H3,(H3,22,23,24). The van der Waals surface area contributed by atoms with Gasteiger partial charge in [-0.2, -0.15) is 0 Å². The van der Waals surface area contributed by atoms with Gasteiger partial charge in [0.05, 0.1) is 20.8 Å². The predicted octanol–water partition coefficient (Wildman–Crippen LogP) is 2.51. The molecule has 2 aromatic carbocycles. The van der Waals surface area contributed by atoms with E-state index in [2.05, 4.69) is 10.3 Å². The molecule has 0 aromatic heterocycles. The van der Waals surface area contributed by atoms with Crippen LogP contribution in [0.25, 0.3) is 0 Å². The number of nitrogens with one attached hydrogen (secondary N) is 1. The molecule has 3 N–H and O–H groups in total. The molecule has 2 aromatic rings. The average molecular weight is 379 g/mol. The van der Waals surface area contributed by atoms with Crippen LogP contribution in [0.15, 0.2) is 41.4 Å². The minimum atomic E-state index is -0.948. The molecule has 0 spiro atoms. The van der Waals surface area contributed by atoms with Gasteiger partial charge in [0.15, 0.2) is 29.1 Å². The van der Waals surface area contributed by atoms with Crippen LogP contribution in [0.3, 0.4) is 0 Å². The van der Waals surface area contributed by atoms with Crippen molar-refractivity contribution >= 4 is 5.96 Å². The van der Waals surface area contributed by atoms with E-state index in [1.807, 2.05) is 18.2 Å². The Morgan fingerprint density at radius 2 is 1.81 bits per heavy atom. The lowest BCUT2D eigenvalue weighted by molar-refractivity contribution is 0.319. The fourth-order valence-electron chi connectivity index (χ4n) is 2.31. The number of hydrogen-bond donors (Lipinski definition) is 2. The van der Waals surface area contributed by atoms with Gasteiger partial charge in [0.2, 0.25) is 0 Å². The number of aliphatic imine (C=N–C) groups is 1. The Morgan fingerprint density at radius 1 is 1.04 bits per heavy atom. The Hall–Kier alpha value is -3.03. The maximum atomic E-state index is 13.1. The smallest absolute Gasteiger partial charge is 0.188 e.